The number of hydrogen-bond acceptors (Lipinski definition) is 4. The molecule has 4 rings (SSSR count). The van der Waals surface area contributed by atoms with Gasteiger partial charge in [-0.2, -0.15) is 5.10 Å². The van der Waals surface area contributed by atoms with Gasteiger partial charge in [-0.25, -0.2) is 17.5 Å². The van der Waals surface area contributed by atoms with Crippen molar-refractivity contribution >= 4 is 38.9 Å². The molecule has 1 heterocycles. The van der Waals surface area contributed by atoms with Crippen LogP contribution in [-0.2, 0) is 10.0 Å². The quantitative estimate of drug-likeness (QED) is 0.401. The molecular weight excluding hydrogens is 467 g/mol. The number of nitrogens with zero attached hydrogens (tertiary/aromatic N) is 2. The molecule has 0 atom stereocenters. The third kappa shape index (κ3) is 4.89. The standard InChI is InChI=1S/C23H18ClFN4O3S/c1-15-21(22(24)29(27-15)19-12-10-16(25)11-13-19)23(30)26-17-6-5-7-18(14-17)28-33(31,32)20-8-3-2-4-9-20/h2-14,28H,1H3,(H,26,30). The van der Waals surface area contributed by atoms with Gasteiger partial charge in [-0.05, 0) is 61.5 Å². The summed E-state index contributed by atoms with van der Waals surface area (Å²) in [4.78, 5) is 13.0. The second-order valence-electron chi connectivity index (χ2n) is 7.09. The summed E-state index contributed by atoms with van der Waals surface area (Å²) in [5, 5.41) is 7.06. The average Bonchev–Trinajstić information content (AvgIpc) is 3.09. The molecule has 0 saturated heterocycles. The van der Waals surface area contributed by atoms with Gasteiger partial charge in [0.25, 0.3) is 15.9 Å². The number of halogens is 2. The van der Waals surface area contributed by atoms with Crippen LogP contribution in [0.1, 0.15) is 16.1 Å². The first-order chi connectivity index (χ1) is 15.7. The smallest absolute Gasteiger partial charge is 0.261 e. The predicted octanol–water partition coefficient (Wildman–Crippen LogP) is 5.03. The Morgan fingerprint density at radius 1 is 0.970 bits per heavy atom. The van der Waals surface area contributed by atoms with Crippen LogP contribution in [0.25, 0.3) is 5.69 Å². The van der Waals surface area contributed by atoms with Gasteiger partial charge in [-0.15, -0.1) is 0 Å². The highest BCUT2D eigenvalue weighted by molar-refractivity contribution is 7.92. The summed E-state index contributed by atoms with van der Waals surface area (Å²) in [6, 6.07) is 19.8. The molecular formula is C23H18ClFN4O3S. The van der Waals surface area contributed by atoms with Gasteiger partial charge >= 0.3 is 0 Å². The van der Waals surface area contributed by atoms with Crippen LogP contribution in [0.15, 0.2) is 83.8 Å². The first kappa shape index (κ1) is 22.5. The van der Waals surface area contributed by atoms with E-state index in [9.17, 15) is 17.6 Å². The summed E-state index contributed by atoms with van der Waals surface area (Å²) in [6.07, 6.45) is 0. The molecule has 0 aliphatic carbocycles. The average molecular weight is 485 g/mol. The molecule has 0 spiro atoms. The van der Waals surface area contributed by atoms with Crippen LogP contribution in [0, 0.1) is 12.7 Å². The van der Waals surface area contributed by atoms with Crippen molar-refractivity contribution in [3.63, 3.8) is 0 Å². The van der Waals surface area contributed by atoms with Gasteiger partial charge in [0.05, 0.1) is 22.0 Å². The number of benzene rings is 3. The summed E-state index contributed by atoms with van der Waals surface area (Å²) in [6.45, 7) is 1.63. The molecule has 1 amide bonds. The Morgan fingerprint density at radius 2 is 1.64 bits per heavy atom. The first-order valence-corrected chi connectivity index (χ1v) is 11.6. The Morgan fingerprint density at radius 3 is 2.33 bits per heavy atom. The number of aryl methyl sites for hydroxylation is 1. The number of carbonyl (C=O) groups excluding carboxylic acids is 1. The minimum absolute atomic E-state index is 0.0672. The van der Waals surface area contributed by atoms with Crippen LogP contribution in [0.5, 0.6) is 0 Å². The lowest BCUT2D eigenvalue weighted by Crippen LogP contribution is -2.15. The second kappa shape index (κ2) is 9.05. The predicted molar refractivity (Wildman–Crippen MR) is 125 cm³/mol. The molecule has 0 saturated carbocycles. The van der Waals surface area contributed by atoms with E-state index in [1.54, 1.807) is 43.3 Å². The van der Waals surface area contributed by atoms with E-state index >= 15 is 0 Å². The second-order valence-corrected chi connectivity index (χ2v) is 9.13. The summed E-state index contributed by atoms with van der Waals surface area (Å²) in [5.41, 5.74) is 1.67. The van der Waals surface area contributed by atoms with E-state index in [1.807, 2.05) is 0 Å². The highest BCUT2D eigenvalue weighted by Crippen LogP contribution is 2.26. The number of carbonyl (C=O) groups is 1. The van der Waals surface area contributed by atoms with E-state index in [0.717, 1.165) is 0 Å². The molecule has 4 aromatic rings. The minimum atomic E-state index is -3.78. The Balaban J connectivity index is 1.56. The minimum Gasteiger partial charge on any atom is -0.322 e. The van der Waals surface area contributed by atoms with Crippen molar-refractivity contribution in [1.29, 1.82) is 0 Å². The lowest BCUT2D eigenvalue weighted by Gasteiger charge is -2.10. The zero-order valence-electron chi connectivity index (χ0n) is 17.3. The molecule has 10 heteroatoms. The molecule has 0 aliphatic rings. The molecule has 7 nitrogen and oxygen atoms in total. The fourth-order valence-corrected chi connectivity index (χ4v) is 4.61. The third-order valence-corrected chi connectivity index (χ3v) is 6.47. The van der Waals surface area contributed by atoms with Gasteiger partial charge in [0.15, 0.2) is 0 Å². The molecule has 3 aromatic carbocycles. The fraction of sp³-hybridized carbons (Fsp3) is 0.0435. The van der Waals surface area contributed by atoms with Crippen molar-refractivity contribution in [3.05, 3.63) is 101 Å². The molecule has 0 radical (unpaired) electrons. The SMILES string of the molecule is Cc1nn(-c2ccc(F)cc2)c(Cl)c1C(=O)Nc1cccc(NS(=O)(=O)c2ccccc2)c1. The Bertz CT molecular complexity index is 1420. The van der Waals surface area contributed by atoms with Gasteiger partial charge < -0.3 is 5.32 Å². The van der Waals surface area contributed by atoms with Crippen LogP contribution >= 0.6 is 11.6 Å². The van der Waals surface area contributed by atoms with E-state index in [1.165, 1.54) is 47.1 Å². The monoisotopic (exact) mass is 484 g/mol. The van der Waals surface area contributed by atoms with Gasteiger partial charge in [0, 0.05) is 5.69 Å². The number of nitrogens with one attached hydrogen (secondary N) is 2. The molecule has 0 bridgehead atoms. The Kier molecular flexibility index (Phi) is 6.17. The summed E-state index contributed by atoms with van der Waals surface area (Å²) >= 11 is 6.41. The normalized spacial score (nSPS) is 11.2. The Hall–Kier alpha value is -3.69. The number of sulfonamides is 1. The van der Waals surface area contributed by atoms with Crippen molar-refractivity contribution in [2.45, 2.75) is 11.8 Å². The molecule has 1 aromatic heterocycles. The molecule has 0 aliphatic heterocycles. The van der Waals surface area contributed by atoms with Gasteiger partial charge in [-0.3, -0.25) is 9.52 Å². The van der Waals surface area contributed by atoms with E-state index in [-0.39, 0.29) is 21.3 Å². The van der Waals surface area contributed by atoms with Crippen LogP contribution < -0.4 is 10.0 Å². The van der Waals surface area contributed by atoms with Gasteiger partial charge in [0.1, 0.15) is 16.5 Å². The highest BCUT2D eigenvalue weighted by Gasteiger charge is 2.22. The molecule has 0 fully saturated rings. The van der Waals surface area contributed by atoms with Crippen molar-refractivity contribution in [1.82, 2.24) is 9.78 Å². The van der Waals surface area contributed by atoms with Crippen LogP contribution in [0.3, 0.4) is 0 Å². The fourth-order valence-electron chi connectivity index (χ4n) is 3.18. The van der Waals surface area contributed by atoms with Crippen molar-refractivity contribution in [3.8, 4) is 5.69 Å². The highest BCUT2D eigenvalue weighted by atomic mass is 35.5. The van der Waals surface area contributed by atoms with Crippen LogP contribution in [-0.4, -0.2) is 24.1 Å². The first-order valence-electron chi connectivity index (χ1n) is 9.75. The maximum absolute atomic E-state index is 13.2. The largest absolute Gasteiger partial charge is 0.322 e. The zero-order chi connectivity index (χ0) is 23.6. The van der Waals surface area contributed by atoms with Crippen molar-refractivity contribution in [2.75, 3.05) is 10.0 Å². The lowest BCUT2D eigenvalue weighted by molar-refractivity contribution is 0.102. The van der Waals surface area contributed by atoms with E-state index < -0.39 is 21.7 Å². The van der Waals surface area contributed by atoms with E-state index in [0.29, 0.717) is 17.1 Å². The van der Waals surface area contributed by atoms with Crippen molar-refractivity contribution in [2.24, 2.45) is 0 Å². The maximum atomic E-state index is 13.2. The van der Waals surface area contributed by atoms with Crippen LogP contribution in [0.2, 0.25) is 5.15 Å². The third-order valence-electron chi connectivity index (χ3n) is 4.73. The van der Waals surface area contributed by atoms with Gasteiger partial charge in [0.2, 0.25) is 0 Å². The maximum Gasteiger partial charge on any atom is 0.261 e. The Labute approximate surface area is 194 Å². The summed E-state index contributed by atoms with van der Waals surface area (Å²) < 4.78 is 42.2. The number of aromatic nitrogens is 2. The molecule has 33 heavy (non-hydrogen) atoms. The molecule has 168 valence electrons. The lowest BCUT2D eigenvalue weighted by atomic mass is 10.2. The van der Waals surface area contributed by atoms with Crippen LogP contribution in [0.4, 0.5) is 15.8 Å². The molecule has 0 unspecified atom stereocenters. The van der Waals surface area contributed by atoms with Crippen molar-refractivity contribution < 1.29 is 17.6 Å². The van der Waals surface area contributed by atoms with E-state index in [2.05, 4.69) is 15.1 Å². The van der Waals surface area contributed by atoms with Gasteiger partial charge in [-0.1, -0.05) is 35.9 Å². The topological polar surface area (TPSA) is 93.1 Å². The summed E-state index contributed by atoms with van der Waals surface area (Å²) in [5.74, 6) is -0.923. The number of amides is 1. The zero-order valence-corrected chi connectivity index (χ0v) is 18.9. The number of hydrogen-bond donors (Lipinski definition) is 2. The number of anilines is 2. The number of rotatable bonds is 6. The van der Waals surface area contributed by atoms with E-state index in [4.69, 9.17) is 11.6 Å². The molecule has 2 N–H and O–H groups in total. The summed E-state index contributed by atoms with van der Waals surface area (Å²) in [7, 11) is -3.78.